The van der Waals surface area contributed by atoms with E-state index in [0.29, 0.717) is 0 Å². The predicted octanol–water partition coefficient (Wildman–Crippen LogP) is 24.8. The Labute approximate surface area is 444 Å². The summed E-state index contributed by atoms with van der Waals surface area (Å²) < 4.78 is 20.6. The summed E-state index contributed by atoms with van der Waals surface area (Å²) in [5, 5.41) is 0. The van der Waals surface area contributed by atoms with Gasteiger partial charge in [0.1, 0.15) is 0 Å². The van der Waals surface area contributed by atoms with Crippen LogP contribution in [-0.2, 0) is 14.2 Å². The Morgan fingerprint density at radius 1 is 0.157 bits per heavy atom. The zero-order valence-corrected chi connectivity index (χ0v) is 49.6. The van der Waals surface area contributed by atoms with Gasteiger partial charge in [-0.2, -0.15) is 0 Å². The molecule has 0 fully saturated rings. The normalized spacial score (nSPS) is 12.7. The first-order valence-electron chi connectivity index (χ1n) is 33.7. The van der Waals surface area contributed by atoms with Crippen molar-refractivity contribution in [3.05, 3.63) is 0 Å². The van der Waals surface area contributed by atoms with E-state index < -0.39 is 5.97 Å². The van der Waals surface area contributed by atoms with Crippen LogP contribution in [-0.4, -0.2) is 25.8 Å². The van der Waals surface area contributed by atoms with Crippen LogP contribution in [0.4, 0.5) is 0 Å². The molecule has 0 aliphatic heterocycles. The summed E-state index contributed by atoms with van der Waals surface area (Å²) in [5.74, 6) is -0.847. The zero-order chi connectivity index (χ0) is 50.5. The van der Waals surface area contributed by atoms with Crippen molar-refractivity contribution in [2.75, 3.05) is 19.8 Å². The monoisotopic (exact) mass is 989 g/mol. The zero-order valence-electron chi connectivity index (χ0n) is 49.6. The summed E-state index contributed by atoms with van der Waals surface area (Å²) in [5.41, 5.74) is 0. The van der Waals surface area contributed by atoms with Crippen LogP contribution in [0.1, 0.15) is 407 Å². The number of ether oxygens (including phenoxy) is 3. The largest absolute Gasteiger partial charge is 0.327 e. The molecule has 0 aliphatic carbocycles. The van der Waals surface area contributed by atoms with Crippen molar-refractivity contribution in [1.29, 1.82) is 0 Å². The van der Waals surface area contributed by atoms with Gasteiger partial charge in [0.2, 0.25) is 0 Å². The molecule has 0 spiro atoms. The molecule has 0 aromatic carbocycles. The van der Waals surface area contributed by atoms with Crippen LogP contribution in [0.25, 0.3) is 0 Å². The van der Waals surface area contributed by atoms with Crippen LogP contribution in [0.2, 0.25) is 0 Å². The van der Waals surface area contributed by atoms with Crippen LogP contribution in [0, 0.1) is 0 Å². The molecule has 0 amide bonds. The molecule has 0 saturated carbocycles. The first-order valence-corrected chi connectivity index (χ1v) is 33.7. The summed E-state index contributed by atoms with van der Waals surface area (Å²) in [6.45, 7) is 11.6. The summed E-state index contributed by atoms with van der Waals surface area (Å²) in [6.07, 6.45) is 81.5. The summed E-state index contributed by atoms with van der Waals surface area (Å²) in [6, 6.07) is 0. The highest BCUT2D eigenvalue weighted by molar-refractivity contribution is 4.63. The Morgan fingerprint density at radius 3 is 0.443 bits per heavy atom. The minimum atomic E-state index is -0.847. The molecule has 0 aromatic heterocycles. The smallest absolute Gasteiger partial charge is 0.282 e. The number of rotatable bonds is 65. The van der Waals surface area contributed by atoms with Crippen LogP contribution in [0.3, 0.4) is 0 Å². The molecule has 0 N–H and O–H groups in total. The van der Waals surface area contributed by atoms with Gasteiger partial charge in [0.25, 0.3) is 5.97 Å². The van der Waals surface area contributed by atoms with Crippen molar-refractivity contribution in [2.24, 2.45) is 0 Å². The van der Waals surface area contributed by atoms with E-state index in [2.05, 4.69) is 27.7 Å². The van der Waals surface area contributed by atoms with E-state index in [1.807, 2.05) is 0 Å². The summed E-state index contributed by atoms with van der Waals surface area (Å²) in [4.78, 5) is 0. The van der Waals surface area contributed by atoms with Gasteiger partial charge in [-0.25, -0.2) is 0 Å². The molecule has 0 rings (SSSR count). The van der Waals surface area contributed by atoms with Crippen molar-refractivity contribution in [1.82, 2.24) is 0 Å². The fraction of sp³-hybridized carbons (Fsp3) is 1.00. The standard InChI is InChI=1S/C67H136O3/c1-5-9-13-17-21-25-29-33-36-38-40-43-47-51-55-59-63-67(68-64-60-56-52-48-44-32-28-24-20-16-12-8-4,69-65-61-57-53-49-45-41-35-31-27-23-19-15-11-7-3)70-66-62-58-54-50-46-42-39-37-34-30-26-22-18-14-10-6-2/h5-66H2,1-4H3. The van der Waals surface area contributed by atoms with E-state index in [-0.39, 0.29) is 0 Å². The molecular formula is C67H136O3. The first-order chi connectivity index (χ1) is 34.7. The van der Waals surface area contributed by atoms with Gasteiger partial charge >= 0.3 is 0 Å². The quantitative estimate of drug-likeness (QED) is 0.0449. The van der Waals surface area contributed by atoms with Crippen molar-refractivity contribution in [3.63, 3.8) is 0 Å². The molecular weight excluding hydrogens is 853 g/mol. The third kappa shape index (κ3) is 57.2. The van der Waals surface area contributed by atoms with Crippen molar-refractivity contribution >= 4 is 0 Å². The van der Waals surface area contributed by atoms with Gasteiger partial charge in [-0.15, -0.1) is 0 Å². The highest BCUT2D eigenvalue weighted by Gasteiger charge is 2.33. The van der Waals surface area contributed by atoms with Crippen LogP contribution in [0.5, 0.6) is 0 Å². The molecule has 0 heterocycles. The van der Waals surface area contributed by atoms with E-state index in [4.69, 9.17) is 14.2 Å². The molecule has 3 nitrogen and oxygen atoms in total. The van der Waals surface area contributed by atoms with E-state index in [0.717, 1.165) is 51.9 Å². The fourth-order valence-electron chi connectivity index (χ4n) is 10.8. The molecule has 0 radical (unpaired) electrons. The van der Waals surface area contributed by atoms with Crippen LogP contribution >= 0.6 is 0 Å². The Balaban J connectivity index is 4.93. The minimum Gasteiger partial charge on any atom is -0.327 e. The Morgan fingerprint density at radius 2 is 0.286 bits per heavy atom. The Bertz CT molecular complexity index is 891. The van der Waals surface area contributed by atoms with Crippen molar-refractivity contribution in [2.45, 2.75) is 412 Å². The van der Waals surface area contributed by atoms with Crippen molar-refractivity contribution < 1.29 is 14.2 Å². The average molecular weight is 990 g/mol. The molecule has 422 valence electrons. The van der Waals surface area contributed by atoms with Crippen LogP contribution in [0.15, 0.2) is 0 Å². The molecule has 70 heavy (non-hydrogen) atoms. The lowest BCUT2D eigenvalue weighted by Gasteiger charge is -2.34. The molecule has 0 saturated heterocycles. The lowest BCUT2D eigenvalue weighted by molar-refractivity contribution is -0.384. The number of hydrogen-bond donors (Lipinski definition) is 0. The summed E-state index contributed by atoms with van der Waals surface area (Å²) in [7, 11) is 0. The lowest BCUT2D eigenvalue weighted by Crippen LogP contribution is -2.40. The van der Waals surface area contributed by atoms with Gasteiger partial charge in [-0.05, 0) is 25.7 Å². The Kier molecular flexibility index (Phi) is 63.1. The fourth-order valence-corrected chi connectivity index (χ4v) is 10.8. The molecule has 0 aromatic rings. The maximum absolute atomic E-state index is 6.85. The minimum absolute atomic E-state index is 0.772. The lowest BCUT2D eigenvalue weighted by atomic mass is 10.0. The van der Waals surface area contributed by atoms with E-state index in [9.17, 15) is 0 Å². The van der Waals surface area contributed by atoms with Gasteiger partial charge < -0.3 is 14.2 Å². The highest BCUT2D eigenvalue weighted by atomic mass is 16.9. The molecule has 3 heteroatoms. The molecule has 1 unspecified atom stereocenters. The second-order valence-electron chi connectivity index (χ2n) is 23.1. The highest BCUT2D eigenvalue weighted by Crippen LogP contribution is 2.27. The average Bonchev–Trinajstić information content (AvgIpc) is 3.37. The third-order valence-electron chi connectivity index (χ3n) is 15.8. The van der Waals surface area contributed by atoms with Crippen LogP contribution < -0.4 is 0 Å². The van der Waals surface area contributed by atoms with Gasteiger partial charge in [0.15, 0.2) is 0 Å². The van der Waals surface area contributed by atoms with Gasteiger partial charge in [-0.1, -0.05) is 374 Å². The molecule has 0 bridgehead atoms. The van der Waals surface area contributed by atoms with Gasteiger partial charge in [0.05, 0.1) is 19.8 Å². The maximum atomic E-state index is 6.85. The van der Waals surface area contributed by atoms with Gasteiger partial charge in [-0.3, -0.25) is 0 Å². The second kappa shape index (κ2) is 63.2. The first kappa shape index (κ1) is 69.9. The molecule has 0 aliphatic rings. The number of hydrogen-bond acceptors (Lipinski definition) is 3. The van der Waals surface area contributed by atoms with Crippen molar-refractivity contribution in [3.8, 4) is 0 Å². The summed E-state index contributed by atoms with van der Waals surface area (Å²) >= 11 is 0. The third-order valence-corrected chi connectivity index (χ3v) is 15.8. The maximum Gasteiger partial charge on any atom is 0.282 e. The topological polar surface area (TPSA) is 27.7 Å². The molecule has 1 atom stereocenters. The van der Waals surface area contributed by atoms with E-state index in [1.165, 1.54) is 347 Å². The number of unbranched alkanes of at least 4 members (excludes halogenated alkanes) is 54. The van der Waals surface area contributed by atoms with Gasteiger partial charge in [0, 0.05) is 6.42 Å². The Hall–Kier alpha value is -0.120. The second-order valence-corrected chi connectivity index (χ2v) is 23.1. The predicted molar refractivity (Wildman–Crippen MR) is 316 cm³/mol. The SMILES string of the molecule is CCCCCCCCCCCCCCCCCCOC(CCCCCCCCCCCCCCCCCC)(OCCCCCCCCCCCCCC)OCCCCCCCCCCCCCCCC. The van der Waals surface area contributed by atoms with E-state index >= 15 is 0 Å². The van der Waals surface area contributed by atoms with E-state index in [1.54, 1.807) is 0 Å².